The first-order chi connectivity index (χ1) is 11.4. The Bertz CT molecular complexity index is 765. The third-order valence-electron chi connectivity index (χ3n) is 3.03. The lowest BCUT2D eigenvalue weighted by atomic mass is 10.2. The van der Waals surface area contributed by atoms with E-state index in [1.54, 1.807) is 24.3 Å². The summed E-state index contributed by atoms with van der Waals surface area (Å²) >= 11 is 9.29. The highest BCUT2D eigenvalue weighted by Crippen LogP contribution is 2.35. The SMILES string of the molecule is COc1cc(NC(=O)C(=O)Nc2ccc(Br)cc2)c(OC)cc1Cl. The second-order valence-corrected chi connectivity index (χ2v) is 5.93. The van der Waals surface area contributed by atoms with Crippen LogP contribution in [0.2, 0.25) is 5.02 Å². The largest absolute Gasteiger partial charge is 0.495 e. The lowest BCUT2D eigenvalue weighted by Gasteiger charge is -2.13. The van der Waals surface area contributed by atoms with Crippen molar-refractivity contribution in [1.29, 1.82) is 0 Å². The fourth-order valence-electron chi connectivity index (χ4n) is 1.86. The molecule has 0 aromatic heterocycles. The van der Waals surface area contributed by atoms with Gasteiger partial charge >= 0.3 is 11.8 Å². The molecule has 0 heterocycles. The van der Waals surface area contributed by atoms with E-state index in [0.717, 1.165) is 4.47 Å². The van der Waals surface area contributed by atoms with Gasteiger partial charge < -0.3 is 20.1 Å². The molecule has 6 nitrogen and oxygen atoms in total. The number of anilines is 2. The minimum atomic E-state index is -0.847. The van der Waals surface area contributed by atoms with E-state index in [1.807, 2.05) is 0 Å². The van der Waals surface area contributed by atoms with Gasteiger partial charge in [-0.1, -0.05) is 27.5 Å². The summed E-state index contributed by atoms with van der Waals surface area (Å²) in [6, 6.07) is 9.80. The predicted molar refractivity (Wildman–Crippen MR) is 96.0 cm³/mol. The van der Waals surface area contributed by atoms with Crippen LogP contribution in [0.15, 0.2) is 40.9 Å². The smallest absolute Gasteiger partial charge is 0.314 e. The lowest BCUT2D eigenvalue weighted by molar-refractivity contribution is -0.133. The van der Waals surface area contributed by atoms with E-state index in [1.165, 1.54) is 26.4 Å². The second kappa shape index (κ2) is 8.03. The van der Waals surface area contributed by atoms with Crippen molar-refractivity contribution in [1.82, 2.24) is 0 Å². The third-order valence-corrected chi connectivity index (χ3v) is 3.85. The van der Waals surface area contributed by atoms with Crippen molar-refractivity contribution >= 4 is 50.7 Å². The van der Waals surface area contributed by atoms with Crippen LogP contribution in [-0.2, 0) is 9.59 Å². The average molecular weight is 414 g/mol. The Labute approximate surface area is 152 Å². The van der Waals surface area contributed by atoms with E-state index in [9.17, 15) is 9.59 Å². The zero-order chi connectivity index (χ0) is 17.7. The molecule has 0 bridgehead atoms. The van der Waals surface area contributed by atoms with Gasteiger partial charge in [0.2, 0.25) is 0 Å². The van der Waals surface area contributed by atoms with Crippen LogP contribution in [0.4, 0.5) is 11.4 Å². The Balaban J connectivity index is 2.13. The molecule has 2 aromatic rings. The third kappa shape index (κ3) is 4.39. The number of carbonyl (C=O) groups is 2. The molecule has 0 aliphatic rings. The van der Waals surface area contributed by atoms with Crippen molar-refractivity contribution in [3.63, 3.8) is 0 Å². The Morgan fingerprint density at radius 1 is 0.958 bits per heavy atom. The van der Waals surface area contributed by atoms with Crippen LogP contribution in [0, 0.1) is 0 Å². The van der Waals surface area contributed by atoms with Crippen LogP contribution in [0.25, 0.3) is 0 Å². The Hall–Kier alpha value is -2.25. The summed E-state index contributed by atoms with van der Waals surface area (Å²) < 4.78 is 11.1. The maximum Gasteiger partial charge on any atom is 0.314 e. The first-order valence-corrected chi connectivity index (χ1v) is 7.91. The van der Waals surface area contributed by atoms with Gasteiger partial charge in [-0.2, -0.15) is 0 Å². The molecule has 0 saturated heterocycles. The van der Waals surface area contributed by atoms with Crippen LogP contribution >= 0.6 is 27.5 Å². The molecule has 0 atom stereocenters. The van der Waals surface area contributed by atoms with Gasteiger partial charge in [0.25, 0.3) is 0 Å². The van der Waals surface area contributed by atoms with Gasteiger partial charge in [0, 0.05) is 22.3 Å². The Morgan fingerprint density at radius 3 is 2.12 bits per heavy atom. The minimum Gasteiger partial charge on any atom is -0.495 e. The number of benzene rings is 2. The molecule has 8 heteroatoms. The fraction of sp³-hybridized carbons (Fsp3) is 0.125. The van der Waals surface area contributed by atoms with Gasteiger partial charge in [0.05, 0.1) is 24.9 Å². The van der Waals surface area contributed by atoms with Crippen molar-refractivity contribution < 1.29 is 19.1 Å². The summed E-state index contributed by atoms with van der Waals surface area (Å²) in [5.74, 6) is -0.999. The van der Waals surface area contributed by atoms with E-state index in [2.05, 4.69) is 26.6 Å². The molecule has 2 rings (SSSR count). The molecule has 0 fully saturated rings. The van der Waals surface area contributed by atoms with Gasteiger partial charge in [-0.15, -0.1) is 0 Å². The highest BCUT2D eigenvalue weighted by atomic mass is 79.9. The van der Waals surface area contributed by atoms with Crippen LogP contribution in [0.5, 0.6) is 11.5 Å². The monoisotopic (exact) mass is 412 g/mol. The molecule has 0 radical (unpaired) electrons. The van der Waals surface area contributed by atoms with Crippen molar-refractivity contribution in [3.05, 3.63) is 45.9 Å². The summed E-state index contributed by atoms with van der Waals surface area (Å²) in [6.07, 6.45) is 0. The maximum atomic E-state index is 12.1. The summed E-state index contributed by atoms with van der Waals surface area (Å²) in [7, 11) is 2.87. The van der Waals surface area contributed by atoms with Crippen molar-refractivity contribution in [2.45, 2.75) is 0 Å². The van der Waals surface area contributed by atoms with E-state index in [-0.39, 0.29) is 5.69 Å². The Kier molecular flexibility index (Phi) is 6.05. The molecule has 2 amide bonds. The molecule has 24 heavy (non-hydrogen) atoms. The molecule has 0 saturated carbocycles. The molecule has 0 unspecified atom stereocenters. The second-order valence-electron chi connectivity index (χ2n) is 4.60. The first-order valence-electron chi connectivity index (χ1n) is 6.74. The first kappa shape index (κ1) is 18.1. The summed E-state index contributed by atoms with van der Waals surface area (Å²) in [4.78, 5) is 24.1. The van der Waals surface area contributed by atoms with Gasteiger partial charge in [-0.25, -0.2) is 0 Å². The van der Waals surface area contributed by atoms with Gasteiger partial charge in [-0.05, 0) is 24.3 Å². The zero-order valence-corrected chi connectivity index (χ0v) is 15.2. The van der Waals surface area contributed by atoms with E-state index in [0.29, 0.717) is 22.2 Å². The number of ether oxygens (including phenoxy) is 2. The number of amides is 2. The van der Waals surface area contributed by atoms with Crippen LogP contribution in [0.3, 0.4) is 0 Å². The summed E-state index contributed by atoms with van der Waals surface area (Å²) in [5, 5.41) is 5.29. The molecule has 0 aliphatic carbocycles. The molecule has 2 N–H and O–H groups in total. The lowest BCUT2D eigenvalue weighted by Crippen LogP contribution is -2.29. The highest BCUT2D eigenvalue weighted by molar-refractivity contribution is 9.10. The molecule has 0 spiro atoms. The number of nitrogens with one attached hydrogen (secondary N) is 2. The van der Waals surface area contributed by atoms with Gasteiger partial charge in [0.1, 0.15) is 11.5 Å². The Morgan fingerprint density at radius 2 is 1.54 bits per heavy atom. The number of rotatable bonds is 4. The molecule has 126 valence electrons. The van der Waals surface area contributed by atoms with Crippen LogP contribution in [-0.4, -0.2) is 26.0 Å². The normalized spacial score (nSPS) is 10.0. The molecular formula is C16H14BrClN2O4. The number of methoxy groups -OCH3 is 2. The molecular weight excluding hydrogens is 400 g/mol. The van der Waals surface area contributed by atoms with Gasteiger partial charge in [0.15, 0.2) is 0 Å². The maximum absolute atomic E-state index is 12.1. The summed E-state index contributed by atoms with van der Waals surface area (Å²) in [6.45, 7) is 0. The topological polar surface area (TPSA) is 76.7 Å². The molecule has 0 aliphatic heterocycles. The van der Waals surface area contributed by atoms with E-state index < -0.39 is 11.8 Å². The quantitative estimate of drug-likeness (QED) is 0.750. The number of halogens is 2. The van der Waals surface area contributed by atoms with E-state index in [4.69, 9.17) is 21.1 Å². The predicted octanol–water partition coefficient (Wildman–Crippen LogP) is 3.70. The van der Waals surface area contributed by atoms with E-state index >= 15 is 0 Å². The van der Waals surface area contributed by atoms with Crippen LogP contribution in [0.1, 0.15) is 0 Å². The number of hydrogen-bond donors (Lipinski definition) is 2. The van der Waals surface area contributed by atoms with Gasteiger partial charge in [-0.3, -0.25) is 9.59 Å². The average Bonchev–Trinajstić information content (AvgIpc) is 2.57. The van der Waals surface area contributed by atoms with Crippen molar-refractivity contribution in [3.8, 4) is 11.5 Å². The number of carbonyl (C=O) groups excluding carboxylic acids is 2. The van der Waals surface area contributed by atoms with Crippen molar-refractivity contribution in [2.75, 3.05) is 24.9 Å². The standard InChI is InChI=1S/C16H14BrClN2O4/c1-23-13-8-12(14(24-2)7-11(13)18)20-16(22)15(21)19-10-5-3-9(17)4-6-10/h3-8H,1-2H3,(H,19,21)(H,20,22). The number of hydrogen-bond acceptors (Lipinski definition) is 4. The highest BCUT2D eigenvalue weighted by Gasteiger charge is 2.18. The van der Waals surface area contributed by atoms with Crippen molar-refractivity contribution in [2.24, 2.45) is 0 Å². The molecule has 2 aromatic carbocycles. The zero-order valence-electron chi connectivity index (χ0n) is 12.9. The van der Waals surface area contributed by atoms with Crippen LogP contribution < -0.4 is 20.1 Å². The summed E-state index contributed by atoms with van der Waals surface area (Å²) in [5.41, 5.74) is 0.772. The fourth-order valence-corrected chi connectivity index (χ4v) is 2.35. The minimum absolute atomic E-state index is 0.273.